The van der Waals surface area contributed by atoms with Crippen LogP contribution in [0.15, 0.2) is 12.4 Å². The van der Waals surface area contributed by atoms with Crippen LogP contribution < -0.4 is 4.90 Å². The number of carbonyl (C=O) groups is 1. The fraction of sp³-hybridized carbons (Fsp3) is 0.556. The number of hydrogen-bond donors (Lipinski definition) is 0. The molecular formula is C18H23N5O. The van der Waals surface area contributed by atoms with Gasteiger partial charge in [-0.2, -0.15) is 0 Å². The van der Waals surface area contributed by atoms with E-state index in [-0.39, 0.29) is 0 Å². The van der Waals surface area contributed by atoms with Gasteiger partial charge in [-0.25, -0.2) is 15.0 Å². The standard InChI is InChI=1S/C18H23N5O/c1-12-9-13(2)21-17-16(12)18(20-11-19-17)22-7-3-5-14(10-22)23-8-4-6-15(23)24/h9,11,14H,3-8,10H2,1-2H3. The average molecular weight is 325 g/mol. The van der Waals surface area contributed by atoms with Crippen molar-refractivity contribution in [1.82, 2.24) is 19.9 Å². The number of likely N-dealkylation sites (tertiary alicyclic amines) is 1. The summed E-state index contributed by atoms with van der Waals surface area (Å²) in [5.74, 6) is 1.27. The number of rotatable bonds is 2. The fourth-order valence-electron chi connectivity index (χ4n) is 4.09. The minimum absolute atomic E-state index is 0.303. The number of aryl methyl sites for hydroxylation is 2. The quantitative estimate of drug-likeness (QED) is 0.847. The molecule has 6 heteroatoms. The second-order valence-electron chi connectivity index (χ2n) is 6.91. The van der Waals surface area contributed by atoms with Gasteiger partial charge in [0.15, 0.2) is 5.65 Å². The Morgan fingerprint density at radius 1 is 1.17 bits per heavy atom. The van der Waals surface area contributed by atoms with Crippen molar-refractivity contribution in [3.05, 3.63) is 23.7 Å². The van der Waals surface area contributed by atoms with Gasteiger partial charge in [0.2, 0.25) is 5.91 Å². The van der Waals surface area contributed by atoms with Crippen molar-refractivity contribution < 1.29 is 4.79 Å². The molecule has 4 rings (SSSR count). The molecule has 24 heavy (non-hydrogen) atoms. The maximum atomic E-state index is 12.1. The molecular weight excluding hydrogens is 302 g/mol. The molecule has 4 heterocycles. The number of carbonyl (C=O) groups excluding carboxylic acids is 1. The summed E-state index contributed by atoms with van der Waals surface area (Å²) in [5, 5.41) is 1.04. The Bertz CT molecular complexity index is 790. The van der Waals surface area contributed by atoms with Gasteiger partial charge < -0.3 is 9.80 Å². The average Bonchev–Trinajstić information content (AvgIpc) is 3.00. The Hall–Kier alpha value is -2.24. The van der Waals surface area contributed by atoms with Gasteiger partial charge in [-0.1, -0.05) is 0 Å². The summed E-state index contributed by atoms with van der Waals surface area (Å²) < 4.78 is 0. The van der Waals surface area contributed by atoms with Crippen LogP contribution in [-0.2, 0) is 4.79 Å². The molecule has 1 atom stereocenters. The number of nitrogens with zero attached hydrogens (tertiary/aromatic N) is 5. The van der Waals surface area contributed by atoms with E-state index < -0.39 is 0 Å². The van der Waals surface area contributed by atoms with Crippen LogP contribution in [0.3, 0.4) is 0 Å². The highest BCUT2D eigenvalue weighted by Crippen LogP contribution is 2.30. The third-order valence-corrected chi connectivity index (χ3v) is 5.16. The lowest BCUT2D eigenvalue weighted by atomic mass is 10.0. The molecule has 0 bridgehead atoms. The molecule has 6 nitrogen and oxygen atoms in total. The number of fused-ring (bicyclic) bond motifs is 1. The molecule has 126 valence electrons. The highest BCUT2D eigenvalue weighted by Gasteiger charge is 2.32. The van der Waals surface area contributed by atoms with Gasteiger partial charge in [0, 0.05) is 37.8 Å². The number of aromatic nitrogens is 3. The molecule has 2 aliphatic rings. The smallest absolute Gasteiger partial charge is 0.222 e. The van der Waals surface area contributed by atoms with Gasteiger partial charge >= 0.3 is 0 Å². The summed E-state index contributed by atoms with van der Waals surface area (Å²) in [4.78, 5) is 30.0. The molecule has 2 aromatic rings. The molecule has 1 unspecified atom stereocenters. The summed E-state index contributed by atoms with van der Waals surface area (Å²) in [5.41, 5.74) is 2.90. The van der Waals surface area contributed by atoms with Crippen LogP contribution in [0.1, 0.15) is 36.9 Å². The first-order valence-electron chi connectivity index (χ1n) is 8.77. The van der Waals surface area contributed by atoms with Crippen molar-refractivity contribution in [3.8, 4) is 0 Å². The van der Waals surface area contributed by atoms with Crippen molar-refractivity contribution in [1.29, 1.82) is 0 Å². The van der Waals surface area contributed by atoms with Gasteiger partial charge in [0.1, 0.15) is 12.1 Å². The summed E-state index contributed by atoms with van der Waals surface area (Å²) in [6.07, 6.45) is 5.47. The van der Waals surface area contributed by atoms with E-state index in [0.717, 1.165) is 67.0 Å². The number of piperidine rings is 1. The van der Waals surface area contributed by atoms with Crippen molar-refractivity contribution in [2.75, 3.05) is 24.5 Å². The third kappa shape index (κ3) is 2.60. The lowest BCUT2D eigenvalue weighted by Gasteiger charge is -2.38. The molecule has 0 radical (unpaired) electrons. The normalized spacial score (nSPS) is 21.8. The zero-order valence-electron chi connectivity index (χ0n) is 14.3. The summed E-state index contributed by atoms with van der Waals surface area (Å²) in [6, 6.07) is 2.39. The molecule has 2 saturated heterocycles. The maximum Gasteiger partial charge on any atom is 0.222 e. The SMILES string of the molecule is Cc1cc(C)c2c(N3CCCC(N4CCCC4=O)C3)ncnc2n1. The van der Waals surface area contributed by atoms with E-state index in [9.17, 15) is 4.79 Å². The van der Waals surface area contributed by atoms with Crippen LogP contribution in [0.4, 0.5) is 5.82 Å². The first-order valence-corrected chi connectivity index (χ1v) is 8.77. The molecule has 0 spiro atoms. The van der Waals surface area contributed by atoms with Crippen molar-refractivity contribution >= 4 is 22.8 Å². The predicted molar refractivity (Wildman–Crippen MR) is 93.0 cm³/mol. The van der Waals surface area contributed by atoms with E-state index in [2.05, 4.69) is 37.7 Å². The van der Waals surface area contributed by atoms with E-state index in [1.54, 1.807) is 6.33 Å². The summed E-state index contributed by atoms with van der Waals surface area (Å²) in [6.45, 7) is 6.81. The van der Waals surface area contributed by atoms with Crippen LogP contribution in [-0.4, -0.2) is 51.4 Å². The van der Waals surface area contributed by atoms with Crippen LogP contribution in [0.2, 0.25) is 0 Å². The molecule has 0 aromatic carbocycles. The van der Waals surface area contributed by atoms with E-state index in [4.69, 9.17) is 0 Å². The lowest BCUT2D eigenvalue weighted by Crippen LogP contribution is -2.48. The number of amides is 1. The van der Waals surface area contributed by atoms with Gasteiger partial charge in [-0.05, 0) is 44.7 Å². The largest absolute Gasteiger partial charge is 0.354 e. The van der Waals surface area contributed by atoms with Crippen LogP contribution in [0, 0.1) is 13.8 Å². The number of anilines is 1. The Labute approximate surface area is 141 Å². The Morgan fingerprint density at radius 2 is 2.04 bits per heavy atom. The molecule has 2 aliphatic heterocycles. The van der Waals surface area contributed by atoms with E-state index in [0.29, 0.717) is 18.4 Å². The van der Waals surface area contributed by atoms with E-state index >= 15 is 0 Å². The predicted octanol–water partition coefficient (Wildman–Crippen LogP) is 2.23. The van der Waals surface area contributed by atoms with Gasteiger partial charge in [0.25, 0.3) is 0 Å². The second kappa shape index (κ2) is 6.00. The highest BCUT2D eigenvalue weighted by molar-refractivity contribution is 5.90. The molecule has 2 aromatic heterocycles. The van der Waals surface area contributed by atoms with Gasteiger partial charge in [-0.3, -0.25) is 4.79 Å². The van der Waals surface area contributed by atoms with Crippen LogP contribution in [0.5, 0.6) is 0 Å². The Balaban J connectivity index is 1.68. The highest BCUT2D eigenvalue weighted by atomic mass is 16.2. The zero-order chi connectivity index (χ0) is 16.7. The first-order chi connectivity index (χ1) is 11.6. The van der Waals surface area contributed by atoms with Gasteiger partial charge in [-0.15, -0.1) is 0 Å². The first kappa shape index (κ1) is 15.3. The van der Waals surface area contributed by atoms with Crippen molar-refractivity contribution in [2.24, 2.45) is 0 Å². The minimum Gasteiger partial charge on any atom is -0.354 e. The Kier molecular flexibility index (Phi) is 3.82. The van der Waals surface area contributed by atoms with Crippen LogP contribution >= 0.6 is 0 Å². The molecule has 1 amide bonds. The lowest BCUT2D eigenvalue weighted by molar-refractivity contribution is -0.129. The topological polar surface area (TPSA) is 62.2 Å². The molecule has 0 N–H and O–H groups in total. The minimum atomic E-state index is 0.303. The fourth-order valence-corrected chi connectivity index (χ4v) is 4.09. The zero-order valence-corrected chi connectivity index (χ0v) is 14.3. The molecule has 0 aliphatic carbocycles. The number of pyridine rings is 1. The number of hydrogen-bond acceptors (Lipinski definition) is 5. The monoisotopic (exact) mass is 325 g/mol. The Morgan fingerprint density at radius 3 is 2.83 bits per heavy atom. The van der Waals surface area contributed by atoms with E-state index in [1.807, 2.05) is 6.92 Å². The van der Waals surface area contributed by atoms with Crippen LogP contribution in [0.25, 0.3) is 11.0 Å². The third-order valence-electron chi connectivity index (χ3n) is 5.16. The van der Waals surface area contributed by atoms with Gasteiger partial charge in [0.05, 0.1) is 5.39 Å². The van der Waals surface area contributed by atoms with Crippen molar-refractivity contribution in [3.63, 3.8) is 0 Å². The summed E-state index contributed by atoms with van der Waals surface area (Å²) in [7, 11) is 0. The van der Waals surface area contributed by atoms with E-state index in [1.165, 1.54) is 0 Å². The summed E-state index contributed by atoms with van der Waals surface area (Å²) >= 11 is 0. The second-order valence-corrected chi connectivity index (χ2v) is 6.91. The molecule has 0 saturated carbocycles. The van der Waals surface area contributed by atoms with Crippen molar-refractivity contribution in [2.45, 2.75) is 45.6 Å². The molecule has 2 fully saturated rings. The maximum absolute atomic E-state index is 12.1.